The molecule has 10 heteroatoms. The fourth-order valence-corrected chi connectivity index (χ4v) is 2.93. The van der Waals surface area contributed by atoms with Gasteiger partial charge < -0.3 is 30.0 Å². The molecule has 0 unspecified atom stereocenters. The fraction of sp³-hybridized carbons (Fsp3) is 0.238. The summed E-state index contributed by atoms with van der Waals surface area (Å²) in [6.45, 7) is 0.918. The molecule has 3 aromatic rings. The van der Waals surface area contributed by atoms with Crippen LogP contribution < -0.4 is 25.3 Å². The minimum absolute atomic E-state index is 0.00553. The molecule has 2 aromatic carbocycles. The van der Waals surface area contributed by atoms with Gasteiger partial charge in [-0.3, -0.25) is 0 Å². The Morgan fingerprint density at radius 1 is 1.10 bits per heavy atom. The third-order valence-electron chi connectivity index (χ3n) is 4.37. The van der Waals surface area contributed by atoms with Gasteiger partial charge in [-0.2, -0.15) is 15.0 Å². The van der Waals surface area contributed by atoms with Crippen LogP contribution in [0.2, 0.25) is 0 Å². The molecule has 0 aliphatic carbocycles. The van der Waals surface area contributed by atoms with Crippen LogP contribution in [0.4, 0.5) is 17.6 Å². The van der Waals surface area contributed by atoms with Gasteiger partial charge in [0.2, 0.25) is 11.9 Å². The quantitative estimate of drug-likeness (QED) is 0.571. The van der Waals surface area contributed by atoms with Crippen LogP contribution in [0.15, 0.2) is 42.5 Å². The van der Waals surface area contributed by atoms with Crippen molar-refractivity contribution in [3.05, 3.63) is 53.9 Å². The molecular formula is C21H21N5O5. The van der Waals surface area contributed by atoms with Crippen molar-refractivity contribution < 1.29 is 23.7 Å². The topological polar surface area (TPSA) is 131 Å². The van der Waals surface area contributed by atoms with Gasteiger partial charge in [0.15, 0.2) is 23.9 Å². The van der Waals surface area contributed by atoms with Crippen molar-refractivity contribution in [3.8, 4) is 17.2 Å². The first kappa shape index (κ1) is 20.2. The van der Waals surface area contributed by atoms with Crippen LogP contribution in [0.5, 0.6) is 17.2 Å². The number of esters is 1. The molecule has 4 rings (SSSR count). The van der Waals surface area contributed by atoms with E-state index in [1.807, 2.05) is 18.2 Å². The molecule has 2 heterocycles. The highest BCUT2D eigenvalue weighted by molar-refractivity contribution is 5.90. The summed E-state index contributed by atoms with van der Waals surface area (Å²) < 4.78 is 21.8. The van der Waals surface area contributed by atoms with Crippen LogP contribution in [0.1, 0.15) is 22.6 Å². The van der Waals surface area contributed by atoms with Gasteiger partial charge in [-0.15, -0.1) is 0 Å². The fourth-order valence-electron chi connectivity index (χ4n) is 2.93. The van der Waals surface area contributed by atoms with Gasteiger partial charge in [-0.05, 0) is 30.3 Å². The second-order valence-corrected chi connectivity index (χ2v) is 6.55. The van der Waals surface area contributed by atoms with E-state index in [4.69, 9.17) is 24.7 Å². The zero-order valence-corrected chi connectivity index (χ0v) is 16.8. The van der Waals surface area contributed by atoms with Crippen LogP contribution in [0.25, 0.3) is 0 Å². The number of hydrogen-bond donors (Lipinski definition) is 2. The lowest BCUT2D eigenvalue weighted by atomic mass is 10.2. The van der Waals surface area contributed by atoms with Crippen LogP contribution in [0.3, 0.4) is 0 Å². The number of hydrogen-bond acceptors (Lipinski definition) is 10. The van der Waals surface area contributed by atoms with Crippen LogP contribution in [0, 0.1) is 0 Å². The van der Waals surface area contributed by atoms with E-state index in [0.29, 0.717) is 41.7 Å². The van der Waals surface area contributed by atoms with E-state index >= 15 is 0 Å². The Bertz CT molecular complexity index is 1090. The number of carbonyl (C=O) groups excluding carboxylic acids is 1. The second-order valence-electron chi connectivity index (χ2n) is 6.55. The normalized spacial score (nSPS) is 12.5. The van der Waals surface area contributed by atoms with E-state index in [1.54, 1.807) is 31.4 Å². The van der Waals surface area contributed by atoms with Crippen LogP contribution in [-0.4, -0.2) is 41.2 Å². The SMILES string of the molecule is COc1ccccc1Nc1nc(N)nc(COC(=O)c2ccc3c(c2)OCCCO3)n1. The smallest absolute Gasteiger partial charge is 0.338 e. The van der Waals surface area contributed by atoms with Crippen molar-refractivity contribution in [2.75, 3.05) is 31.4 Å². The molecule has 0 bridgehead atoms. The summed E-state index contributed by atoms with van der Waals surface area (Å²) in [6, 6.07) is 12.2. The molecule has 0 amide bonds. The lowest BCUT2D eigenvalue weighted by Crippen LogP contribution is -2.11. The molecular weight excluding hydrogens is 402 g/mol. The largest absolute Gasteiger partial charge is 0.495 e. The molecule has 0 radical (unpaired) electrons. The van der Waals surface area contributed by atoms with E-state index in [9.17, 15) is 4.79 Å². The van der Waals surface area contributed by atoms with Gasteiger partial charge in [-0.25, -0.2) is 4.79 Å². The zero-order valence-electron chi connectivity index (χ0n) is 16.8. The van der Waals surface area contributed by atoms with Gasteiger partial charge in [0.25, 0.3) is 0 Å². The van der Waals surface area contributed by atoms with Gasteiger partial charge in [-0.1, -0.05) is 12.1 Å². The Morgan fingerprint density at radius 2 is 1.90 bits per heavy atom. The predicted molar refractivity (Wildman–Crippen MR) is 112 cm³/mol. The van der Waals surface area contributed by atoms with Gasteiger partial charge in [0.1, 0.15) is 5.75 Å². The first-order chi connectivity index (χ1) is 15.1. The number of nitrogens with two attached hydrogens (primary N) is 1. The van der Waals surface area contributed by atoms with Crippen molar-refractivity contribution in [3.63, 3.8) is 0 Å². The summed E-state index contributed by atoms with van der Waals surface area (Å²) in [6.07, 6.45) is 0.778. The van der Waals surface area contributed by atoms with E-state index in [2.05, 4.69) is 20.3 Å². The second kappa shape index (κ2) is 9.16. The lowest BCUT2D eigenvalue weighted by molar-refractivity contribution is 0.0461. The summed E-state index contributed by atoms with van der Waals surface area (Å²) in [5, 5.41) is 3.03. The number of aromatic nitrogens is 3. The van der Waals surface area contributed by atoms with Crippen LogP contribution >= 0.6 is 0 Å². The molecule has 0 fully saturated rings. The van der Waals surface area contributed by atoms with Gasteiger partial charge >= 0.3 is 5.97 Å². The first-order valence-corrected chi connectivity index (χ1v) is 9.59. The molecule has 31 heavy (non-hydrogen) atoms. The Balaban J connectivity index is 1.45. The van der Waals surface area contributed by atoms with Gasteiger partial charge in [0.05, 0.1) is 31.6 Å². The maximum absolute atomic E-state index is 12.5. The molecule has 0 atom stereocenters. The zero-order chi connectivity index (χ0) is 21.6. The molecule has 1 aliphatic heterocycles. The Morgan fingerprint density at radius 3 is 2.74 bits per heavy atom. The number of methoxy groups -OCH3 is 1. The standard InChI is InChI=1S/C21H21N5O5/c1-28-15-6-3-2-5-14(15)23-21-25-18(24-20(22)26-21)12-31-19(27)13-7-8-16-17(11-13)30-10-4-9-29-16/h2-3,5-8,11H,4,9-10,12H2,1H3,(H3,22,23,24,25,26). The number of carbonyl (C=O) groups is 1. The molecule has 1 aromatic heterocycles. The predicted octanol–water partition coefficient (Wildman–Crippen LogP) is 2.72. The average molecular weight is 423 g/mol. The highest BCUT2D eigenvalue weighted by Gasteiger charge is 2.16. The monoisotopic (exact) mass is 423 g/mol. The van der Waals surface area contributed by atoms with Crippen LogP contribution in [-0.2, 0) is 11.3 Å². The van der Waals surface area contributed by atoms with Crippen molar-refractivity contribution in [1.29, 1.82) is 0 Å². The number of nitrogens with one attached hydrogen (secondary N) is 1. The Hall–Kier alpha value is -4.08. The summed E-state index contributed by atoms with van der Waals surface area (Å²) >= 11 is 0. The number of fused-ring (bicyclic) bond motifs is 1. The maximum atomic E-state index is 12.5. The molecule has 0 saturated carbocycles. The van der Waals surface area contributed by atoms with E-state index in [0.717, 1.165) is 6.42 Å². The highest BCUT2D eigenvalue weighted by Crippen LogP contribution is 2.30. The number of ether oxygens (including phenoxy) is 4. The molecule has 10 nitrogen and oxygen atoms in total. The number of anilines is 3. The minimum Gasteiger partial charge on any atom is -0.495 e. The summed E-state index contributed by atoms with van der Waals surface area (Å²) in [4.78, 5) is 24.8. The number of nitrogen functional groups attached to an aromatic ring is 1. The highest BCUT2D eigenvalue weighted by atomic mass is 16.5. The number of nitrogens with zero attached hydrogens (tertiary/aromatic N) is 3. The van der Waals surface area contributed by atoms with Crippen molar-refractivity contribution >= 4 is 23.6 Å². The molecule has 0 spiro atoms. The number of rotatable bonds is 6. The van der Waals surface area contributed by atoms with Crippen molar-refractivity contribution in [2.24, 2.45) is 0 Å². The van der Waals surface area contributed by atoms with E-state index < -0.39 is 5.97 Å². The molecule has 0 saturated heterocycles. The number of para-hydroxylation sites is 2. The first-order valence-electron chi connectivity index (χ1n) is 9.59. The Labute approximate surface area is 178 Å². The summed E-state index contributed by atoms with van der Waals surface area (Å²) in [7, 11) is 1.56. The van der Waals surface area contributed by atoms with Crippen molar-refractivity contribution in [2.45, 2.75) is 13.0 Å². The minimum atomic E-state index is -0.547. The molecule has 1 aliphatic rings. The van der Waals surface area contributed by atoms with Crippen molar-refractivity contribution in [1.82, 2.24) is 15.0 Å². The average Bonchev–Trinajstić information content (AvgIpc) is 3.02. The Kier molecular flexibility index (Phi) is 5.97. The maximum Gasteiger partial charge on any atom is 0.338 e. The molecule has 3 N–H and O–H groups in total. The lowest BCUT2D eigenvalue weighted by Gasteiger charge is -2.11. The third-order valence-corrected chi connectivity index (χ3v) is 4.37. The summed E-state index contributed by atoms with van der Waals surface area (Å²) in [5.41, 5.74) is 6.78. The number of benzene rings is 2. The van der Waals surface area contributed by atoms with E-state index in [1.165, 1.54) is 0 Å². The van der Waals surface area contributed by atoms with E-state index in [-0.39, 0.29) is 24.3 Å². The molecule has 160 valence electrons. The third kappa shape index (κ3) is 4.92. The summed E-state index contributed by atoms with van der Waals surface area (Å²) in [5.74, 6) is 1.59. The van der Waals surface area contributed by atoms with Gasteiger partial charge in [0, 0.05) is 6.42 Å².